The van der Waals surface area contributed by atoms with Crippen LogP contribution in [0.4, 0.5) is 11.6 Å². The molecule has 0 aliphatic carbocycles. The van der Waals surface area contributed by atoms with E-state index in [1.54, 1.807) is 12.5 Å². The highest BCUT2D eigenvalue weighted by Gasteiger charge is 2.10. The normalized spacial score (nSPS) is 15.2. The zero-order valence-electron chi connectivity index (χ0n) is 18.3. The molecule has 0 spiro atoms. The highest BCUT2D eigenvalue weighted by Crippen LogP contribution is 2.22. The second kappa shape index (κ2) is 9.68. The Balaban J connectivity index is 1.41. The van der Waals surface area contributed by atoms with Crippen molar-refractivity contribution in [1.29, 1.82) is 0 Å². The van der Waals surface area contributed by atoms with Gasteiger partial charge in [-0.05, 0) is 67.6 Å². The molecule has 0 saturated carbocycles. The number of fused-ring (bicyclic) bond motifs is 2. The summed E-state index contributed by atoms with van der Waals surface area (Å²) in [5.74, 6) is 1.41. The third kappa shape index (κ3) is 5.11. The standard InChI is InChI=1S/C25H26N6O2/c32-23-5-1-2-15-33-21-12-10-20(11-13-21)31-17-28-22-16-27-25(30-24(22)31)29-19-8-6-18(7-9-19)4-3-14-26-23/h6-13,16-17H,1-5,14-15H2,(H,26,32)(H,27,29,30). The predicted molar refractivity (Wildman–Crippen MR) is 127 cm³/mol. The molecule has 2 aromatic carbocycles. The van der Waals surface area contributed by atoms with Gasteiger partial charge in [-0.2, -0.15) is 4.98 Å². The molecule has 6 bridgehead atoms. The summed E-state index contributed by atoms with van der Waals surface area (Å²) in [5, 5.41) is 6.28. The van der Waals surface area contributed by atoms with Crippen LogP contribution >= 0.6 is 0 Å². The van der Waals surface area contributed by atoms with E-state index in [1.807, 2.05) is 41.0 Å². The molecule has 0 fully saturated rings. The Kier molecular flexibility index (Phi) is 6.14. The van der Waals surface area contributed by atoms with Crippen LogP contribution in [0.1, 0.15) is 31.2 Å². The second-order valence-corrected chi connectivity index (χ2v) is 8.09. The number of imidazole rings is 1. The van der Waals surface area contributed by atoms with Crippen molar-refractivity contribution in [3.63, 3.8) is 0 Å². The van der Waals surface area contributed by atoms with Crippen LogP contribution in [0.15, 0.2) is 61.1 Å². The van der Waals surface area contributed by atoms with Crippen molar-refractivity contribution >= 4 is 28.7 Å². The van der Waals surface area contributed by atoms with Gasteiger partial charge < -0.3 is 15.4 Å². The molecule has 0 radical (unpaired) electrons. The number of amides is 1. The van der Waals surface area contributed by atoms with Crippen molar-refractivity contribution in [3.05, 3.63) is 66.6 Å². The Labute approximate surface area is 192 Å². The third-order valence-electron chi connectivity index (χ3n) is 5.65. The molecule has 5 heterocycles. The number of ether oxygens (including phenoxy) is 1. The lowest BCUT2D eigenvalue weighted by Gasteiger charge is -2.09. The lowest BCUT2D eigenvalue weighted by atomic mass is 10.1. The fraction of sp³-hybridized carbons (Fsp3) is 0.280. The molecule has 0 saturated heterocycles. The van der Waals surface area contributed by atoms with Crippen LogP contribution in [0.2, 0.25) is 0 Å². The van der Waals surface area contributed by atoms with Crippen LogP contribution in [0, 0.1) is 0 Å². The summed E-state index contributed by atoms with van der Waals surface area (Å²) in [4.78, 5) is 25.6. The number of anilines is 2. The van der Waals surface area contributed by atoms with E-state index in [1.165, 1.54) is 5.56 Å². The summed E-state index contributed by atoms with van der Waals surface area (Å²) in [6, 6.07) is 16.0. The van der Waals surface area contributed by atoms with Crippen molar-refractivity contribution < 1.29 is 9.53 Å². The molecule has 8 heteroatoms. The Morgan fingerprint density at radius 1 is 0.909 bits per heavy atom. The van der Waals surface area contributed by atoms with Gasteiger partial charge in [-0.25, -0.2) is 9.97 Å². The summed E-state index contributed by atoms with van der Waals surface area (Å²) in [6.45, 7) is 1.27. The molecule has 4 aromatic rings. The minimum absolute atomic E-state index is 0.102. The van der Waals surface area contributed by atoms with Gasteiger partial charge in [-0.15, -0.1) is 0 Å². The minimum Gasteiger partial charge on any atom is -0.494 e. The van der Waals surface area contributed by atoms with Crippen molar-refractivity contribution in [2.45, 2.75) is 32.1 Å². The van der Waals surface area contributed by atoms with Crippen LogP contribution in [0.25, 0.3) is 16.9 Å². The summed E-state index contributed by atoms with van der Waals surface area (Å²) in [5.41, 5.74) is 4.53. The number of hydrogen-bond acceptors (Lipinski definition) is 6. The van der Waals surface area contributed by atoms with E-state index in [9.17, 15) is 4.79 Å². The number of aromatic nitrogens is 4. The van der Waals surface area contributed by atoms with Gasteiger partial charge in [0.1, 0.15) is 17.6 Å². The van der Waals surface area contributed by atoms with Crippen molar-refractivity contribution in [2.24, 2.45) is 0 Å². The highest BCUT2D eigenvalue weighted by molar-refractivity contribution is 5.76. The number of carbonyl (C=O) groups is 1. The average molecular weight is 443 g/mol. The summed E-state index contributed by atoms with van der Waals surface area (Å²) in [6.07, 6.45) is 7.46. The van der Waals surface area contributed by atoms with E-state index < -0.39 is 0 Å². The fourth-order valence-electron chi connectivity index (χ4n) is 3.83. The van der Waals surface area contributed by atoms with Crippen LogP contribution in [0.5, 0.6) is 5.75 Å². The van der Waals surface area contributed by atoms with Gasteiger partial charge in [0.25, 0.3) is 0 Å². The van der Waals surface area contributed by atoms with Crippen molar-refractivity contribution in [3.8, 4) is 11.4 Å². The van der Waals surface area contributed by atoms with Crippen LogP contribution in [0.3, 0.4) is 0 Å². The zero-order valence-corrected chi connectivity index (χ0v) is 18.3. The maximum Gasteiger partial charge on any atom is 0.229 e. The molecular weight excluding hydrogens is 416 g/mol. The first-order chi connectivity index (χ1) is 16.2. The molecular formula is C25H26N6O2. The molecule has 33 heavy (non-hydrogen) atoms. The quantitative estimate of drug-likeness (QED) is 0.425. The van der Waals surface area contributed by atoms with E-state index >= 15 is 0 Å². The molecule has 168 valence electrons. The predicted octanol–water partition coefficient (Wildman–Crippen LogP) is 4.17. The first kappa shape index (κ1) is 20.9. The highest BCUT2D eigenvalue weighted by atomic mass is 16.5. The smallest absolute Gasteiger partial charge is 0.229 e. The topological polar surface area (TPSA) is 94.0 Å². The molecule has 1 amide bonds. The first-order valence-corrected chi connectivity index (χ1v) is 11.3. The average Bonchev–Trinajstić information content (AvgIpc) is 3.26. The number of nitrogens with one attached hydrogen (secondary N) is 2. The summed E-state index contributed by atoms with van der Waals surface area (Å²) >= 11 is 0. The molecule has 3 aliphatic rings. The minimum atomic E-state index is 0.102. The molecule has 0 unspecified atom stereocenters. The summed E-state index contributed by atoms with van der Waals surface area (Å²) < 4.78 is 7.77. The van der Waals surface area contributed by atoms with Gasteiger partial charge in [-0.1, -0.05) is 12.1 Å². The van der Waals surface area contributed by atoms with E-state index in [-0.39, 0.29) is 5.91 Å². The number of nitrogens with zero attached hydrogens (tertiary/aromatic N) is 4. The number of carbonyl (C=O) groups excluding carboxylic acids is 1. The summed E-state index contributed by atoms with van der Waals surface area (Å²) in [7, 11) is 0. The maximum absolute atomic E-state index is 12.0. The lowest BCUT2D eigenvalue weighted by molar-refractivity contribution is -0.121. The van der Waals surface area contributed by atoms with E-state index in [2.05, 4.69) is 32.7 Å². The molecule has 2 N–H and O–H groups in total. The van der Waals surface area contributed by atoms with Gasteiger partial charge in [0.15, 0.2) is 5.65 Å². The van der Waals surface area contributed by atoms with E-state index in [4.69, 9.17) is 9.72 Å². The Morgan fingerprint density at radius 3 is 2.61 bits per heavy atom. The van der Waals surface area contributed by atoms with Crippen molar-refractivity contribution in [1.82, 2.24) is 24.8 Å². The molecule has 8 nitrogen and oxygen atoms in total. The lowest BCUT2D eigenvalue weighted by Crippen LogP contribution is -2.24. The van der Waals surface area contributed by atoms with E-state index in [0.29, 0.717) is 25.5 Å². The van der Waals surface area contributed by atoms with Gasteiger partial charge in [-0.3, -0.25) is 9.36 Å². The third-order valence-corrected chi connectivity index (χ3v) is 5.65. The number of hydrogen-bond donors (Lipinski definition) is 2. The van der Waals surface area contributed by atoms with E-state index in [0.717, 1.165) is 54.0 Å². The monoisotopic (exact) mass is 442 g/mol. The Morgan fingerprint density at radius 2 is 1.76 bits per heavy atom. The number of aryl methyl sites for hydroxylation is 1. The largest absolute Gasteiger partial charge is 0.494 e. The second-order valence-electron chi connectivity index (χ2n) is 8.09. The van der Waals surface area contributed by atoms with Gasteiger partial charge >= 0.3 is 0 Å². The maximum atomic E-state index is 12.0. The Bertz CT molecular complexity index is 1230. The number of rotatable bonds is 0. The van der Waals surface area contributed by atoms with Crippen LogP contribution < -0.4 is 15.4 Å². The van der Waals surface area contributed by atoms with Gasteiger partial charge in [0.2, 0.25) is 11.9 Å². The molecule has 2 aromatic heterocycles. The molecule has 7 rings (SSSR count). The SMILES string of the molecule is O=C1CCCCOc2ccc(cc2)-n2cnc3cnc(nc32)Nc2ccc(cc2)CCCN1. The molecule has 0 atom stereocenters. The van der Waals surface area contributed by atoms with Crippen molar-refractivity contribution in [2.75, 3.05) is 18.5 Å². The number of benzene rings is 2. The molecule has 3 aliphatic heterocycles. The fourth-order valence-corrected chi connectivity index (χ4v) is 3.83. The zero-order chi connectivity index (χ0) is 22.5. The van der Waals surface area contributed by atoms with Crippen LogP contribution in [-0.4, -0.2) is 38.6 Å². The Hall–Kier alpha value is -3.94. The van der Waals surface area contributed by atoms with Gasteiger partial charge in [0, 0.05) is 24.3 Å². The van der Waals surface area contributed by atoms with Crippen LogP contribution in [-0.2, 0) is 11.2 Å². The first-order valence-electron chi connectivity index (χ1n) is 11.3. The van der Waals surface area contributed by atoms with Gasteiger partial charge in [0.05, 0.1) is 12.8 Å².